The van der Waals surface area contributed by atoms with Gasteiger partial charge in [0, 0.05) is 10.9 Å². The lowest BCUT2D eigenvalue weighted by atomic mass is 10.2. The molecule has 2 aromatic carbocycles. The van der Waals surface area contributed by atoms with E-state index in [4.69, 9.17) is 16.6 Å². The fourth-order valence-electron chi connectivity index (χ4n) is 2.06. The molecule has 0 spiro atoms. The van der Waals surface area contributed by atoms with E-state index >= 15 is 0 Å². The Hall–Kier alpha value is -3.19. The van der Waals surface area contributed by atoms with E-state index in [-0.39, 0.29) is 16.8 Å². The SMILES string of the molecule is O=C(NC(=S)NNC(=O)c1cc2ccccc2o1)c1ccccc1. The van der Waals surface area contributed by atoms with Gasteiger partial charge in [-0.25, -0.2) is 0 Å². The van der Waals surface area contributed by atoms with Crippen molar-refractivity contribution >= 4 is 40.1 Å². The molecular weight excluding hydrogens is 326 g/mol. The van der Waals surface area contributed by atoms with Crippen LogP contribution in [0.3, 0.4) is 0 Å². The predicted molar refractivity (Wildman–Crippen MR) is 93.3 cm³/mol. The van der Waals surface area contributed by atoms with E-state index in [0.717, 1.165) is 5.39 Å². The minimum Gasteiger partial charge on any atom is -0.451 e. The Morgan fingerprint density at radius 1 is 0.875 bits per heavy atom. The molecule has 7 heteroatoms. The van der Waals surface area contributed by atoms with Crippen LogP contribution in [0.2, 0.25) is 0 Å². The van der Waals surface area contributed by atoms with Crippen LogP contribution in [0, 0.1) is 0 Å². The third-order valence-corrected chi connectivity index (χ3v) is 3.41. The van der Waals surface area contributed by atoms with Gasteiger partial charge in [-0.05, 0) is 36.5 Å². The molecule has 1 aromatic heterocycles. The number of furan rings is 1. The molecule has 0 aliphatic carbocycles. The summed E-state index contributed by atoms with van der Waals surface area (Å²) in [5, 5.41) is 3.27. The van der Waals surface area contributed by atoms with Crippen molar-refractivity contribution in [2.75, 3.05) is 0 Å². The molecule has 0 aliphatic rings. The number of hydrazine groups is 1. The monoisotopic (exact) mass is 339 g/mol. The second-order valence-corrected chi connectivity index (χ2v) is 5.29. The Morgan fingerprint density at radius 3 is 2.33 bits per heavy atom. The van der Waals surface area contributed by atoms with Crippen molar-refractivity contribution in [3.8, 4) is 0 Å². The van der Waals surface area contributed by atoms with Crippen LogP contribution >= 0.6 is 12.2 Å². The molecule has 1 heterocycles. The highest BCUT2D eigenvalue weighted by atomic mass is 32.1. The first kappa shape index (κ1) is 15.7. The van der Waals surface area contributed by atoms with Crippen LogP contribution in [0.1, 0.15) is 20.9 Å². The first-order valence-corrected chi connectivity index (χ1v) is 7.49. The van der Waals surface area contributed by atoms with E-state index in [1.807, 2.05) is 18.2 Å². The number of nitrogens with one attached hydrogen (secondary N) is 3. The molecular formula is C17H13N3O3S. The Labute approximate surface area is 142 Å². The number of carbonyl (C=O) groups is 2. The number of rotatable bonds is 2. The Kier molecular flexibility index (Phi) is 4.53. The Balaban J connectivity index is 1.56. The van der Waals surface area contributed by atoms with Crippen molar-refractivity contribution < 1.29 is 14.0 Å². The zero-order chi connectivity index (χ0) is 16.9. The lowest BCUT2D eigenvalue weighted by Gasteiger charge is -2.09. The minimum atomic E-state index is -0.498. The average Bonchev–Trinajstić information content (AvgIpc) is 3.04. The molecule has 120 valence electrons. The Morgan fingerprint density at radius 2 is 1.58 bits per heavy atom. The number of fused-ring (bicyclic) bond motifs is 1. The summed E-state index contributed by atoms with van der Waals surface area (Å²) in [6.45, 7) is 0. The summed E-state index contributed by atoms with van der Waals surface area (Å²) in [6, 6.07) is 17.5. The van der Waals surface area contributed by atoms with Gasteiger partial charge < -0.3 is 4.42 Å². The summed E-state index contributed by atoms with van der Waals surface area (Å²) in [6.07, 6.45) is 0. The molecule has 0 unspecified atom stereocenters. The van der Waals surface area contributed by atoms with E-state index in [0.29, 0.717) is 11.1 Å². The fraction of sp³-hybridized carbons (Fsp3) is 0. The standard InChI is InChI=1S/C17H13N3O3S/c21-15(11-6-2-1-3-7-11)18-17(24)20-19-16(22)14-10-12-8-4-5-9-13(12)23-14/h1-10H,(H,19,22)(H2,18,20,21,24). The molecule has 0 saturated heterocycles. The summed E-state index contributed by atoms with van der Waals surface area (Å²) in [7, 11) is 0. The normalized spacial score (nSPS) is 10.2. The smallest absolute Gasteiger partial charge is 0.305 e. The average molecular weight is 339 g/mol. The van der Waals surface area contributed by atoms with E-state index in [2.05, 4.69) is 16.2 Å². The highest BCUT2D eigenvalue weighted by molar-refractivity contribution is 7.80. The third-order valence-electron chi connectivity index (χ3n) is 3.20. The van der Waals surface area contributed by atoms with E-state index in [1.165, 1.54) is 0 Å². The van der Waals surface area contributed by atoms with Crippen molar-refractivity contribution in [3.05, 3.63) is 72.0 Å². The van der Waals surface area contributed by atoms with E-state index in [1.54, 1.807) is 42.5 Å². The molecule has 6 nitrogen and oxygen atoms in total. The number of benzene rings is 2. The van der Waals surface area contributed by atoms with Crippen LogP contribution in [-0.2, 0) is 0 Å². The summed E-state index contributed by atoms with van der Waals surface area (Å²) in [5.41, 5.74) is 5.92. The molecule has 0 bridgehead atoms. The summed E-state index contributed by atoms with van der Waals surface area (Å²) < 4.78 is 5.43. The van der Waals surface area contributed by atoms with Crippen LogP contribution < -0.4 is 16.2 Å². The van der Waals surface area contributed by atoms with Crippen molar-refractivity contribution in [2.24, 2.45) is 0 Å². The largest absolute Gasteiger partial charge is 0.451 e. The van der Waals surface area contributed by atoms with Crippen LogP contribution in [0.15, 0.2) is 65.1 Å². The van der Waals surface area contributed by atoms with E-state index in [9.17, 15) is 9.59 Å². The van der Waals surface area contributed by atoms with Gasteiger partial charge in [-0.1, -0.05) is 36.4 Å². The topological polar surface area (TPSA) is 83.4 Å². The fourth-order valence-corrected chi connectivity index (χ4v) is 2.21. The maximum atomic E-state index is 12.0. The molecule has 0 fully saturated rings. The number of amides is 2. The molecule has 3 rings (SSSR count). The lowest BCUT2D eigenvalue weighted by molar-refractivity contribution is 0.0912. The van der Waals surface area contributed by atoms with Gasteiger partial charge in [0.25, 0.3) is 5.91 Å². The van der Waals surface area contributed by atoms with E-state index < -0.39 is 5.91 Å². The van der Waals surface area contributed by atoms with Gasteiger partial charge >= 0.3 is 5.91 Å². The van der Waals surface area contributed by atoms with Gasteiger partial charge in [-0.15, -0.1) is 0 Å². The second-order valence-electron chi connectivity index (χ2n) is 4.88. The summed E-state index contributed by atoms with van der Waals surface area (Å²) in [4.78, 5) is 24.0. The van der Waals surface area contributed by atoms with Crippen LogP contribution in [-0.4, -0.2) is 16.9 Å². The van der Waals surface area contributed by atoms with Gasteiger partial charge in [0.2, 0.25) is 0 Å². The Bertz CT molecular complexity index is 873. The van der Waals surface area contributed by atoms with Crippen molar-refractivity contribution in [1.29, 1.82) is 0 Å². The van der Waals surface area contributed by atoms with Crippen molar-refractivity contribution in [1.82, 2.24) is 16.2 Å². The van der Waals surface area contributed by atoms with Gasteiger partial charge in [0.05, 0.1) is 0 Å². The maximum Gasteiger partial charge on any atom is 0.305 e. The highest BCUT2D eigenvalue weighted by Crippen LogP contribution is 2.18. The number of para-hydroxylation sites is 1. The maximum absolute atomic E-state index is 12.0. The molecule has 2 amide bonds. The zero-order valence-electron chi connectivity index (χ0n) is 12.4. The quantitative estimate of drug-likeness (QED) is 0.493. The molecule has 0 radical (unpaired) electrons. The van der Waals surface area contributed by atoms with Crippen LogP contribution in [0.5, 0.6) is 0 Å². The van der Waals surface area contributed by atoms with Crippen LogP contribution in [0.25, 0.3) is 11.0 Å². The first-order valence-electron chi connectivity index (χ1n) is 7.09. The predicted octanol–water partition coefficient (Wildman–Crippen LogP) is 2.38. The van der Waals surface area contributed by atoms with Crippen molar-refractivity contribution in [3.63, 3.8) is 0 Å². The highest BCUT2D eigenvalue weighted by Gasteiger charge is 2.13. The summed E-state index contributed by atoms with van der Waals surface area (Å²) >= 11 is 4.97. The third kappa shape index (κ3) is 3.58. The van der Waals surface area contributed by atoms with Gasteiger partial charge in [0.1, 0.15) is 5.58 Å². The molecule has 0 atom stereocenters. The summed E-state index contributed by atoms with van der Waals surface area (Å²) in [5.74, 6) is -0.727. The van der Waals surface area contributed by atoms with Gasteiger partial charge in [-0.2, -0.15) is 0 Å². The molecule has 0 saturated carbocycles. The lowest BCUT2D eigenvalue weighted by Crippen LogP contribution is -2.48. The van der Waals surface area contributed by atoms with Gasteiger partial charge in [0.15, 0.2) is 10.9 Å². The molecule has 3 N–H and O–H groups in total. The number of hydrogen-bond acceptors (Lipinski definition) is 4. The zero-order valence-corrected chi connectivity index (χ0v) is 13.2. The number of thiocarbonyl (C=S) groups is 1. The number of hydrogen-bond donors (Lipinski definition) is 3. The van der Waals surface area contributed by atoms with Gasteiger partial charge in [-0.3, -0.25) is 25.8 Å². The first-order chi connectivity index (χ1) is 11.6. The van der Waals surface area contributed by atoms with Crippen molar-refractivity contribution in [2.45, 2.75) is 0 Å². The second kappa shape index (κ2) is 6.93. The molecule has 24 heavy (non-hydrogen) atoms. The number of carbonyl (C=O) groups excluding carboxylic acids is 2. The molecule has 3 aromatic rings. The minimum absolute atomic E-state index is 0.0201. The van der Waals surface area contributed by atoms with Crippen LogP contribution in [0.4, 0.5) is 0 Å². The molecule has 0 aliphatic heterocycles.